The molecule has 4 heteroatoms. The smallest absolute Gasteiger partial charge is 0.337 e. The maximum atomic E-state index is 11.3. The molecule has 1 aliphatic rings. The van der Waals surface area contributed by atoms with E-state index in [0.29, 0.717) is 28.8 Å². The van der Waals surface area contributed by atoms with Gasteiger partial charge in [-0.15, -0.1) is 0 Å². The van der Waals surface area contributed by atoms with Gasteiger partial charge in [0.1, 0.15) is 5.75 Å². The quantitative estimate of drug-likeness (QED) is 0.862. The van der Waals surface area contributed by atoms with Gasteiger partial charge in [0.15, 0.2) is 0 Å². The van der Waals surface area contributed by atoms with E-state index in [2.05, 4.69) is 12.2 Å². The topological polar surface area (TPSA) is 58.6 Å². The highest BCUT2D eigenvalue weighted by atomic mass is 16.5. The summed E-state index contributed by atoms with van der Waals surface area (Å²) in [5, 5.41) is 12.5. The minimum atomic E-state index is -0.910. The molecule has 0 spiro atoms. The predicted octanol–water partition coefficient (Wildman–Crippen LogP) is 3.63. The summed E-state index contributed by atoms with van der Waals surface area (Å²) in [6.45, 7) is 3.11. The van der Waals surface area contributed by atoms with E-state index in [1.165, 1.54) is 25.7 Å². The highest BCUT2D eigenvalue weighted by molar-refractivity contribution is 5.94. The summed E-state index contributed by atoms with van der Waals surface area (Å²) in [7, 11) is 1.59. The molecule has 2 unspecified atom stereocenters. The van der Waals surface area contributed by atoms with Gasteiger partial charge in [0.25, 0.3) is 0 Å². The molecule has 0 heterocycles. The van der Waals surface area contributed by atoms with Crippen LogP contribution in [0.3, 0.4) is 0 Å². The van der Waals surface area contributed by atoms with Gasteiger partial charge >= 0.3 is 5.97 Å². The molecule has 1 fully saturated rings. The Balaban J connectivity index is 2.08. The van der Waals surface area contributed by atoms with Gasteiger partial charge in [-0.3, -0.25) is 0 Å². The normalized spacial score (nSPS) is 22.3. The van der Waals surface area contributed by atoms with E-state index < -0.39 is 5.97 Å². The monoisotopic (exact) mass is 277 g/mol. The Morgan fingerprint density at radius 3 is 2.80 bits per heavy atom. The van der Waals surface area contributed by atoms with Gasteiger partial charge in [-0.1, -0.05) is 26.2 Å². The molecule has 0 amide bonds. The second-order valence-electron chi connectivity index (χ2n) is 5.62. The van der Waals surface area contributed by atoms with Crippen molar-refractivity contribution < 1.29 is 14.6 Å². The van der Waals surface area contributed by atoms with Gasteiger partial charge in [-0.2, -0.15) is 0 Å². The van der Waals surface area contributed by atoms with Crippen LogP contribution >= 0.6 is 0 Å². The SMILES string of the molecule is COc1ccc(C(=O)O)c(NCC2CCCCC2C)c1. The number of nitrogens with one attached hydrogen (secondary N) is 1. The zero-order valence-corrected chi connectivity index (χ0v) is 12.2. The van der Waals surface area contributed by atoms with Crippen molar-refractivity contribution in [2.75, 3.05) is 19.0 Å². The summed E-state index contributed by atoms with van der Waals surface area (Å²) in [5.41, 5.74) is 0.948. The first kappa shape index (κ1) is 14.7. The van der Waals surface area contributed by atoms with Crippen LogP contribution in [-0.2, 0) is 0 Å². The van der Waals surface area contributed by atoms with E-state index in [1.807, 2.05) is 0 Å². The first-order valence-electron chi connectivity index (χ1n) is 7.27. The van der Waals surface area contributed by atoms with Gasteiger partial charge in [-0.05, 0) is 30.4 Å². The minimum Gasteiger partial charge on any atom is -0.497 e. The third kappa shape index (κ3) is 3.44. The third-order valence-electron chi connectivity index (χ3n) is 4.30. The van der Waals surface area contributed by atoms with Gasteiger partial charge in [0, 0.05) is 12.6 Å². The van der Waals surface area contributed by atoms with Gasteiger partial charge in [0.05, 0.1) is 18.4 Å². The number of hydrogen-bond acceptors (Lipinski definition) is 3. The van der Waals surface area contributed by atoms with Crippen LogP contribution in [-0.4, -0.2) is 24.7 Å². The number of hydrogen-bond donors (Lipinski definition) is 2. The van der Waals surface area contributed by atoms with Crippen LogP contribution in [0.1, 0.15) is 43.0 Å². The molecule has 4 nitrogen and oxygen atoms in total. The van der Waals surface area contributed by atoms with Crippen molar-refractivity contribution in [2.24, 2.45) is 11.8 Å². The third-order valence-corrected chi connectivity index (χ3v) is 4.30. The number of carbonyl (C=O) groups is 1. The first-order chi connectivity index (χ1) is 9.61. The Kier molecular flexibility index (Phi) is 4.88. The number of anilines is 1. The second kappa shape index (κ2) is 6.64. The van der Waals surface area contributed by atoms with Crippen LogP contribution in [0.25, 0.3) is 0 Å². The molecular weight excluding hydrogens is 254 g/mol. The van der Waals surface area contributed by atoms with Crippen LogP contribution < -0.4 is 10.1 Å². The number of ether oxygens (including phenoxy) is 1. The number of methoxy groups -OCH3 is 1. The van der Waals surface area contributed by atoms with Crippen molar-refractivity contribution in [3.8, 4) is 5.75 Å². The lowest BCUT2D eigenvalue weighted by Gasteiger charge is -2.29. The zero-order valence-electron chi connectivity index (χ0n) is 12.2. The second-order valence-corrected chi connectivity index (χ2v) is 5.62. The largest absolute Gasteiger partial charge is 0.497 e. The summed E-state index contributed by atoms with van der Waals surface area (Å²) in [4.78, 5) is 11.3. The Labute approximate surface area is 120 Å². The average Bonchev–Trinajstić information content (AvgIpc) is 2.46. The van der Waals surface area contributed by atoms with Gasteiger partial charge < -0.3 is 15.2 Å². The highest BCUT2D eigenvalue weighted by Crippen LogP contribution is 2.30. The first-order valence-corrected chi connectivity index (χ1v) is 7.27. The van der Waals surface area contributed by atoms with Crippen LogP contribution in [0.2, 0.25) is 0 Å². The van der Waals surface area contributed by atoms with Gasteiger partial charge in [-0.25, -0.2) is 4.79 Å². The molecule has 0 radical (unpaired) electrons. The Hall–Kier alpha value is -1.71. The maximum absolute atomic E-state index is 11.3. The van der Waals surface area contributed by atoms with Crippen molar-refractivity contribution in [2.45, 2.75) is 32.6 Å². The van der Waals surface area contributed by atoms with Gasteiger partial charge in [0.2, 0.25) is 0 Å². The van der Waals surface area contributed by atoms with E-state index in [-0.39, 0.29) is 0 Å². The number of aromatic carboxylic acids is 1. The number of benzene rings is 1. The number of carboxylic acid groups (broad SMARTS) is 1. The summed E-state index contributed by atoms with van der Waals surface area (Å²) in [5.74, 6) is 1.09. The lowest BCUT2D eigenvalue weighted by atomic mass is 9.80. The molecule has 0 aliphatic heterocycles. The standard InChI is InChI=1S/C16H23NO3/c1-11-5-3-4-6-12(11)10-17-15-9-13(20-2)7-8-14(15)16(18)19/h7-9,11-12,17H,3-6,10H2,1-2H3,(H,18,19). The van der Waals surface area contributed by atoms with Crippen LogP contribution in [0.15, 0.2) is 18.2 Å². The molecule has 0 bridgehead atoms. The molecule has 1 aromatic carbocycles. The Bertz CT molecular complexity index is 473. The molecule has 2 N–H and O–H groups in total. The Morgan fingerprint density at radius 2 is 2.15 bits per heavy atom. The molecular formula is C16H23NO3. The van der Waals surface area contributed by atoms with Crippen molar-refractivity contribution in [1.29, 1.82) is 0 Å². The molecule has 0 saturated heterocycles. The molecule has 1 aromatic rings. The van der Waals surface area contributed by atoms with Crippen LogP contribution in [0.4, 0.5) is 5.69 Å². The highest BCUT2D eigenvalue weighted by Gasteiger charge is 2.21. The van der Waals surface area contributed by atoms with E-state index in [0.717, 1.165) is 6.54 Å². The summed E-state index contributed by atoms with van der Waals surface area (Å²) in [6, 6.07) is 5.03. The molecule has 20 heavy (non-hydrogen) atoms. The molecule has 1 saturated carbocycles. The van der Waals surface area contributed by atoms with E-state index in [1.54, 1.807) is 25.3 Å². The van der Waals surface area contributed by atoms with Crippen LogP contribution in [0.5, 0.6) is 5.75 Å². The molecule has 2 rings (SSSR count). The van der Waals surface area contributed by atoms with Crippen molar-refractivity contribution >= 4 is 11.7 Å². The zero-order chi connectivity index (χ0) is 14.5. The number of carboxylic acids is 1. The lowest BCUT2D eigenvalue weighted by molar-refractivity contribution is 0.0698. The van der Waals surface area contributed by atoms with E-state index in [9.17, 15) is 9.90 Å². The van der Waals surface area contributed by atoms with E-state index in [4.69, 9.17) is 4.74 Å². The van der Waals surface area contributed by atoms with Crippen molar-refractivity contribution in [1.82, 2.24) is 0 Å². The summed E-state index contributed by atoms with van der Waals surface area (Å²) in [6.07, 6.45) is 5.09. The fourth-order valence-corrected chi connectivity index (χ4v) is 2.92. The predicted molar refractivity (Wildman–Crippen MR) is 79.6 cm³/mol. The van der Waals surface area contributed by atoms with Crippen LogP contribution in [0, 0.1) is 11.8 Å². The molecule has 1 aliphatic carbocycles. The summed E-state index contributed by atoms with van der Waals surface area (Å²) >= 11 is 0. The average molecular weight is 277 g/mol. The fraction of sp³-hybridized carbons (Fsp3) is 0.562. The lowest BCUT2D eigenvalue weighted by Crippen LogP contribution is -2.25. The van der Waals surface area contributed by atoms with Crippen molar-refractivity contribution in [3.05, 3.63) is 23.8 Å². The van der Waals surface area contributed by atoms with E-state index >= 15 is 0 Å². The van der Waals surface area contributed by atoms with Crippen molar-refractivity contribution in [3.63, 3.8) is 0 Å². The minimum absolute atomic E-state index is 0.300. The Morgan fingerprint density at radius 1 is 1.40 bits per heavy atom. The fourth-order valence-electron chi connectivity index (χ4n) is 2.92. The molecule has 110 valence electrons. The number of rotatable bonds is 5. The maximum Gasteiger partial charge on any atom is 0.337 e. The summed E-state index contributed by atoms with van der Waals surface area (Å²) < 4.78 is 5.17. The molecule has 2 atom stereocenters. The molecule has 0 aromatic heterocycles.